The molecule has 14 unspecified atom stereocenters. The van der Waals surface area contributed by atoms with Crippen LogP contribution in [0.4, 0.5) is 0 Å². The molecule has 430 valence electrons. The SMILES string of the molecule is CC=C(C)C(=O)OC1CCC2(C)C3CCC4C5(O)CC(O)C6(O)C(CN7CC(C)CCC7C6(C)O)C5(O)CC42OC13O.CCOc1ccc(Cc2nccc3cc(OCC)c(OCC)cc23)cc1OCC.Cl.O=S(=O)(O)O. The van der Waals surface area contributed by atoms with Gasteiger partial charge in [0.15, 0.2) is 29.1 Å². The molecule has 3 saturated heterocycles. The van der Waals surface area contributed by atoms with Crippen LogP contribution in [-0.4, -0.2) is 156 Å². The maximum Gasteiger partial charge on any atom is 0.394 e. The highest BCUT2D eigenvalue weighted by molar-refractivity contribution is 7.79. The summed E-state index contributed by atoms with van der Waals surface area (Å²) < 4.78 is 67.2. The van der Waals surface area contributed by atoms with E-state index in [2.05, 4.69) is 22.9 Å². The van der Waals surface area contributed by atoms with Gasteiger partial charge in [-0.15, -0.1) is 12.4 Å². The number of fused-ring (bicyclic) bond motifs is 6. The highest BCUT2D eigenvalue weighted by atomic mass is 35.5. The zero-order valence-corrected chi connectivity index (χ0v) is 47.4. The monoisotopic (exact) mass is 1120 g/mol. The Labute approximate surface area is 458 Å². The molecule has 14 atom stereocenters. The predicted octanol–water partition coefficient (Wildman–Crippen LogP) is 6.18. The molecule has 19 nitrogen and oxygen atoms in total. The van der Waals surface area contributed by atoms with E-state index < -0.39 is 85.5 Å². The van der Waals surface area contributed by atoms with Crippen LogP contribution >= 0.6 is 12.4 Å². The maximum atomic E-state index is 12.9. The number of nitrogens with zero attached hydrogens (tertiary/aromatic N) is 2. The summed E-state index contributed by atoms with van der Waals surface area (Å²) in [4.78, 5) is 19.5. The minimum absolute atomic E-state index is 0. The van der Waals surface area contributed by atoms with Crippen LogP contribution < -0.4 is 18.9 Å². The van der Waals surface area contributed by atoms with Gasteiger partial charge in [-0.3, -0.25) is 19.0 Å². The van der Waals surface area contributed by atoms with Gasteiger partial charge in [-0.05, 0) is 134 Å². The Morgan fingerprint density at radius 3 is 2.03 bits per heavy atom. The predicted molar refractivity (Wildman–Crippen MR) is 287 cm³/mol. The molecule has 3 aromatic rings. The van der Waals surface area contributed by atoms with Crippen molar-refractivity contribution in [3.05, 3.63) is 65.5 Å². The Hall–Kier alpha value is -3.90. The lowest BCUT2D eigenvalue weighted by Gasteiger charge is -2.68. The molecule has 10 rings (SSSR count). The number of aliphatic hydroxyl groups is 6. The summed E-state index contributed by atoms with van der Waals surface area (Å²) in [6.45, 7) is 20.3. The van der Waals surface area contributed by atoms with Gasteiger partial charge in [-0.2, -0.15) is 8.42 Å². The van der Waals surface area contributed by atoms with E-state index in [1.165, 1.54) is 0 Å². The molecule has 4 heterocycles. The van der Waals surface area contributed by atoms with Gasteiger partial charge >= 0.3 is 16.4 Å². The number of aliphatic hydroxyl groups excluding tert-OH is 1. The Bertz CT molecular complexity index is 2780. The van der Waals surface area contributed by atoms with Crippen LogP contribution in [0.2, 0.25) is 0 Å². The Balaban J connectivity index is 0.000000215. The van der Waals surface area contributed by atoms with Crippen molar-refractivity contribution in [2.24, 2.45) is 29.1 Å². The summed E-state index contributed by atoms with van der Waals surface area (Å²) in [5.41, 5.74) is -6.86. The normalized spacial score (nSPS) is 37.7. The van der Waals surface area contributed by atoms with Crippen LogP contribution in [0.25, 0.3) is 10.8 Å². The molecule has 7 aliphatic rings. The first-order chi connectivity index (χ1) is 35.7. The minimum atomic E-state index is -4.67. The summed E-state index contributed by atoms with van der Waals surface area (Å²) in [7, 11) is -4.67. The van der Waals surface area contributed by atoms with E-state index in [1.807, 2.05) is 71.1 Å². The lowest BCUT2D eigenvalue weighted by molar-refractivity contribution is -0.354. The van der Waals surface area contributed by atoms with E-state index in [4.69, 9.17) is 45.9 Å². The lowest BCUT2D eigenvalue weighted by atomic mass is 9.49. The molecule has 3 aliphatic heterocycles. The topological polar surface area (TPSA) is 285 Å². The number of pyridine rings is 1. The summed E-state index contributed by atoms with van der Waals surface area (Å²) in [6, 6.07) is 11.7. The molecule has 7 fully saturated rings. The van der Waals surface area contributed by atoms with Crippen LogP contribution in [0.3, 0.4) is 0 Å². The molecular weight excluding hydrogens is 1040 g/mol. The number of halogens is 1. The largest absolute Gasteiger partial charge is 0.490 e. The molecule has 0 amide bonds. The number of hydrogen-bond donors (Lipinski definition) is 8. The summed E-state index contributed by atoms with van der Waals surface area (Å²) in [5.74, 6) is -1.00. The number of hydrogen-bond acceptors (Lipinski definition) is 17. The molecule has 77 heavy (non-hydrogen) atoms. The van der Waals surface area contributed by atoms with Crippen molar-refractivity contribution >= 4 is 39.5 Å². The lowest BCUT2D eigenvalue weighted by Crippen LogP contribution is -2.85. The molecule has 1 aromatic heterocycles. The molecule has 1 spiro atoms. The number of rotatable bonds is 12. The first kappa shape index (κ1) is 60.7. The van der Waals surface area contributed by atoms with Gasteiger partial charge in [0.25, 0.3) is 0 Å². The second-order valence-corrected chi connectivity index (χ2v) is 23.5. The molecule has 0 radical (unpaired) electrons. The van der Waals surface area contributed by atoms with E-state index in [0.717, 1.165) is 51.4 Å². The zero-order chi connectivity index (χ0) is 55.6. The minimum Gasteiger partial charge on any atom is -0.490 e. The third kappa shape index (κ3) is 10.1. The number of carbonyl (C=O) groups is 1. The van der Waals surface area contributed by atoms with Crippen molar-refractivity contribution < 1.29 is 81.4 Å². The van der Waals surface area contributed by atoms with Gasteiger partial charge in [-0.25, -0.2) is 4.79 Å². The fourth-order valence-electron chi connectivity index (χ4n) is 15.1. The van der Waals surface area contributed by atoms with Crippen molar-refractivity contribution in [3.63, 3.8) is 0 Å². The van der Waals surface area contributed by atoms with Crippen LogP contribution in [0.15, 0.2) is 54.2 Å². The van der Waals surface area contributed by atoms with Gasteiger partial charge in [0.1, 0.15) is 22.4 Å². The van der Waals surface area contributed by atoms with Crippen molar-refractivity contribution in [1.82, 2.24) is 9.88 Å². The van der Waals surface area contributed by atoms with E-state index in [-0.39, 0.29) is 37.8 Å². The Morgan fingerprint density at radius 1 is 0.805 bits per heavy atom. The van der Waals surface area contributed by atoms with Crippen LogP contribution in [0.1, 0.15) is 125 Å². The Morgan fingerprint density at radius 2 is 1.40 bits per heavy atom. The maximum absolute atomic E-state index is 12.9. The van der Waals surface area contributed by atoms with Crippen molar-refractivity contribution in [2.45, 2.75) is 172 Å². The number of allylic oxidation sites excluding steroid dienone is 1. The summed E-state index contributed by atoms with van der Waals surface area (Å²) >= 11 is 0. The van der Waals surface area contributed by atoms with E-state index in [9.17, 15) is 35.4 Å². The van der Waals surface area contributed by atoms with E-state index >= 15 is 0 Å². The smallest absolute Gasteiger partial charge is 0.394 e. The summed E-state index contributed by atoms with van der Waals surface area (Å²) in [5, 5.41) is 76.1. The van der Waals surface area contributed by atoms with E-state index in [1.54, 1.807) is 26.8 Å². The number of ether oxygens (including phenoxy) is 6. The number of carbonyl (C=O) groups excluding carboxylic acids is 1. The third-order valence-electron chi connectivity index (χ3n) is 18.5. The average Bonchev–Trinajstić information content (AvgIpc) is 3.84. The number of aromatic nitrogens is 1. The van der Waals surface area contributed by atoms with Crippen LogP contribution in [0, 0.1) is 29.1 Å². The number of esters is 1. The van der Waals surface area contributed by atoms with Crippen molar-refractivity contribution in [3.8, 4) is 23.0 Å². The highest BCUT2D eigenvalue weighted by Crippen LogP contribution is 2.78. The summed E-state index contributed by atoms with van der Waals surface area (Å²) in [6.07, 6.45) is 4.82. The van der Waals surface area contributed by atoms with E-state index in [0.29, 0.717) is 83.0 Å². The second kappa shape index (κ2) is 22.2. The average molecular weight is 1120 g/mol. The van der Waals surface area contributed by atoms with Crippen molar-refractivity contribution in [2.75, 3.05) is 39.5 Å². The third-order valence-corrected chi connectivity index (χ3v) is 18.5. The van der Waals surface area contributed by atoms with Crippen LogP contribution in [-0.2, 0) is 31.1 Å². The molecule has 4 saturated carbocycles. The first-order valence-electron chi connectivity index (χ1n) is 27.0. The second-order valence-electron chi connectivity index (χ2n) is 22.6. The van der Waals surface area contributed by atoms with Gasteiger partial charge < -0.3 is 59.1 Å². The molecule has 4 bridgehead atoms. The fourth-order valence-corrected chi connectivity index (χ4v) is 15.1. The van der Waals surface area contributed by atoms with Gasteiger partial charge in [0.05, 0.1) is 43.8 Å². The van der Waals surface area contributed by atoms with Crippen LogP contribution in [0.5, 0.6) is 23.0 Å². The quantitative estimate of drug-likeness (QED) is 0.0571. The standard InChI is InChI=1S/C32H49NO9.C24H29NO4.ClH.H2O4S/c1-6-18(3)25(35)41-24-11-12-26(4)19-8-9-20-28(37)13-23(34)31(39)21(29(28,38)16-30(20,26)42-32(19,24)40)15-33-14-17(2)7-10-22(33)27(31,5)36;1-5-26-21-10-9-17(14-22(21)27-6-2)13-20-19-16-24(29-8-4)23(28-7-3)15-18(19)11-12-25-20;;1-5(2,3)4/h6,17,19-24,34,36-40H,7-16H2,1-5H3;9-12,14-16H,5-8,13H2,1-4H3;1H;(H2,1,2,3,4). The molecular formula is C56H81ClN2O17S. The molecule has 4 aliphatic carbocycles. The highest BCUT2D eigenvalue weighted by Gasteiger charge is 2.89. The first-order valence-corrected chi connectivity index (χ1v) is 28.4. The fraction of sp³-hybridized carbons (Fsp3) is 0.679. The molecule has 8 N–H and O–H groups in total. The zero-order valence-electron chi connectivity index (χ0n) is 45.7. The number of piperidine rings is 2. The Kier molecular flexibility index (Phi) is 17.5. The van der Waals surface area contributed by atoms with Gasteiger partial charge in [0, 0.05) is 78.7 Å². The molecule has 21 heteroatoms. The number of benzene rings is 2. The van der Waals surface area contributed by atoms with Gasteiger partial charge in [-0.1, -0.05) is 26.0 Å². The van der Waals surface area contributed by atoms with Crippen molar-refractivity contribution in [1.29, 1.82) is 0 Å². The molecule has 2 aromatic carbocycles. The van der Waals surface area contributed by atoms with Gasteiger partial charge in [0.2, 0.25) is 5.79 Å².